The minimum Gasteiger partial charge on any atom is -0.436 e. The average molecular weight is 527 g/mol. The molecule has 0 saturated carbocycles. The van der Waals surface area contributed by atoms with Gasteiger partial charge in [0.05, 0.1) is 0 Å². The molecule has 41 heavy (non-hydrogen) atoms. The van der Waals surface area contributed by atoms with E-state index in [-0.39, 0.29) is 0 Å². The fourth-order valence-corrected chi connectivity index (χ4v) is 5.31. The number of fused-ring (bicyclic) bond motifs is 4. The fourth-order valence-electron chi connectivity index (χ4n) is 5.31. The second-order valence-electron chi connectivity index (χ2n) is 9.93. The Kier molecular flexibility index (Phi) is 5.38. The van der Waals surface area contributed by atoms with Crippen LogP contribution in [0.5, 0.6) is 0 Å². The van der Waals surface area contributed by atoms with Gasteiger partial charge in [-0.2, -0.15) is 0 Å². The van der Waals surface area contributed by atoms with Crippen LogP contribution in [0.3, 0.4) is 0 Å². The topological polar surface area (TPSA) is 64.7 Å². The molecular formula is C36H22N4O. The third kappa shape index (κ3) is 4.12. The zero-order valence-corrected chi connectivity index (χ0v) is 21.9. The van der Waals surface area contributed by atoms with Crippen molar-refractivity contribution in [2.24, 2.45) is 0 Å². The molecule has 0 aliphatic rings. The van der Waals surface area contributed by atoms with Gasteiger partial charge in [-0.1, -0.05) is 115 Å². The zero-order chi connectivity index (χ0) is 27.2. The molecule has 0 N–H and O–H groups in total. The Morgan fingerprint density at radius 2 is 1.00 bits per heavy atom. The van der Waals surface area contributed by atoms with E-state index in [0.717, 1.165) is 54.9 Å². The van der Waals surface area contributed by atoms with Crippen molar-refractivity contribution in [3.05, 3.63) is 133 Å². The molecule has 8 aromatic rings. The maximum atomic E-state index is 6.32. The van der Waals surface area contributed by atoms with Crippen molar-refractivity contribution < 1.29 is 4.42 Å². The van der Waals surface area contributed by atoms with E-state index >= 15 is 0 Å². The minimum absolute atomic E-state index is 0.604. The van der Waals surface area contributed by atoms with Gasteiger partial charge in [-0.3, -0.25) is 0 Å². The van der Waals surface area contributed by atoms with Crippen molar-refractivity contribution in [3.63, 3.8) is 0 Å². The van der Waals surface area contributed by atoms with Crippen molar-refractivity contribution in [2.75, 3.05) is 0 Å². The van der Waals surface area contributed by atoms with E-state index in [1.807, 2.05) is 84.9 Å². The lowest BCUT2D eigenvalue weighted by Crippen LogP contribution is -2.00. The number of hydrogen-bond acceptors (Lipinski definition) is 5. The van der Waals surface area contributed by atoms with Gasteiger partial charge >= 0.3 is 0 Å². The first-order chi connectivity index (χ1) is 20.3. The van der Waals surface area contributed by atoms with Crippen molar-refractivity contribution in [1.82, 2.24) is 19.9 Å². The highest BCUT2D eigenvalue weighted by Crippen LogP contribution is 2.35. The van der Waals surface area contributed by atoms with Crippen LogP contribution in [0.15, 0.2) is 138 Å². The predicted molar refractivity (Wildman–Crippen MR) is 164 cm³/mol. The molecule has 0 atom stereocenters. The van der Waals surface area contributed by atoms with Crippen LogP contribution in [0.25, 0.3) is 78.3 Å². The Labute approximate surface area is 235 Å². The molecule has 0 saturated heterocycles. The Morgan fingerprint density at radius 1 is 0.415 bits per heavy atom. The molecule has 0 fully saturated rings. The Morgan fingerprint density at radius 3 is 1.73 bits per heavy atom. The van der Waals surface area contributed by atoms with Gasteiger partial charge in [-0.15, -0.1) is 0 Å². The van der Waals surface area contributed by atoms with E-state index in [0.29, 0.717) is 23.4 Å². The summed E-state index contributed by atoms with van der Waals surface area (Å²) in [5, 5.41) is 4.31. The molecule has 8 rings (SSSR count). The van der Waals surface area contributed by atoms with Crippen LogP contribution in [0.4, 0.5) is 0 Å². The summed E-state index contributed by atoms with van der Waals surface area (Å²) in [6.07, 6.45) is 0. The Balaban J connectivity index is 1.31. The highest BCUT2D eigenvalue weighted by Gasteiger charge is 2.16. The third-order valence-corrected chi connectivity index (χ3v) is 7.35. The van der Waals surface area contributed by atoms with Crippen LogP contribution in [0.1, 0.15) is 0 Å². The molecule has 2 heterocycles. The number of aromatic nitrogens is 4. The van der Waals surface area contributed by atoms with Gasteiger partial charge in [-0.25, -0.2) is 19.9 Å². The smallest absolute Gasteiger partial charge is 0.227 e. The number of hydrogen-bond donors (Lipinski definition) is 0. The summed E-state index contributed by atoms with van der Waals surface area (Å²) in [6, 6.07) is 44.8. The van der Waals surface area contributed by atoms with Gasteiger partial charge in [0.1, 0.15) is 5.52 Å². The lowest BCUT2D eigenvalue weighted by Gasteiger charge is -2.09. The molecule has 0 amide bonds. The van der Waals surface area contributed by atoms with Gasteiger partial charge in [0.15, 0.2) is 23.1 Å². The second kappa shape index (κ2) is 9.50. The van der Waals surface area contributed by atoms with E-state index in [1.54, 1.807) is 0 Å². The Hall–Kier alpha value is -5.68. The second-order valence-corrected chi connectivity index (χ2v) is 9.93. The number of rotatable bonds is 4. The van der Waals surface area contributed by atoms with Crippen LogP contribution >= 0.6 is 0 Å². The summed E-state index contributed by atoms with van der Waals surface area (Å²) in [4.78, 5) is 19.6. The third-order valence-electron chi connectivity index (χ3n) is 7.35. The molecule has 2 aromatic heterocycles. The number of oxazole rings is 1. The molecule has 5 heteroatoms. The molecule has 5 nitrogen and oxygen atoms in total. The lowest BCUT2D eigenvalue weighted by atomic mass is 10.0. The molecular weight excluding hydrogens is 504 g/mol. The van der Waals surface area contributed by atoms with Crippen LogP contribution in [-0.4, -0.2) is 19.9 Å². The Bertz CT molecular complexity index is 2140. The van der Waals surface area contributed by atoms with E-state index in [9.17, 15) is 0 Å². The summed E-state index contributed by atoms with van der Waals surface area (Å²) in [5.74, 6) is 2.47. The monoisotopic (exact) mass is 526 g/mol. The fraction of sp³-hybridized carbons (Fsp3) is 0. The van der Waals surface area contributed by atoms with Gasteiger partial charge < -0.3 is 4.42 Å². The van der Waals surface area contributed by atoms with E-state index < -0.39 is 0 Å². The SMILES string of the molecule is c1ccc(-c2nc(-c3ccccc3)nc(-c3ccc4ccc5oc(-c6cccc7ccccc67)nc5c4c3)n2)cc1. The van der Waals surface area contributed by atoms with E-state index in [4.69, 9.17) is 24.4 Å². The first-order valence-corrected chi connectivity index (χ1v) is 13.5. The van der Waals surface area contributed by atoms with Crippen molar-refractivity contribution in [1.29, 1.82) is 0 Å². The molecule has 192 valence electrons. The zero-order valence-electron chi connectivity index (χ0n) is 21.9. The molecule has 0 aliphatic heterocycles. The van der Waals surface area contributed by atoms with Crippen molar-refractivity contribution in [3.8, 4) is 45.6 Å². The highest BCUT2D eigenvalue weighted by atomic mass is 16.3. The maximum Gasteiger partial charge on any atom is 0.227 e. The van der Waals surface area contributed by atoms with Gasteiger partial charge in [0, 0.05) is 27.6 Å². The van der Waals surface area contributed by atoms with Crippen LogP contribution < -0.4 is 0 Å². The maximum absolute atomic E-state index is 6.32. The molecule has 0 unspecified atom stereocenters. The van der Waals surface area contributed by atoms with Crippen LogP contribution in [0.2, 0.25) is 0 Å². The average Bonchev–Trinajstić information content (AvgIpc) is 3.50. The lowest BCUT2D eigenvalue weighted by molar-refractivity contribution is 0.620. The first kappa shape index (κ1) is 23.2. The van der Waals surface area contributed by atoms with Crippen molar-refractivity contribution >= 4 is 32.6 Å². The van der Waals surface area contributed by atoms with Gasteiger partial charge in [0.25, 0.3) is 0 Å². The summed E-state index contributed by atoms with van der Waals surface area (Å²) < 4.78 is 6.32. The largest absolute Gasteiger partial charge is 0.436 e. The standard InChI is InChI=1S/C36H22N4O/c1-3-11-25(12-4-1)33-38-34(26-13-5-2-6-14-26)40-35(39-33)27-19-18-24-20-21-31-32(30(24)22-27)37-36(41-31)29-17-9-15-23-10-7-8-16-28(23)29/h1-22H. The number of nitrogens with zero attached hydrogens (tertiary/aromatic N) is 4. The quantitative estimate of drug-likeness (QED) is 0.229. The summed E-state index contributed by atoms with van der Waals surface area (Å²) in [5.41, 5.74) is 5.29. The normalized spacial score (nSPS) is 11.4. The highest BCUT2D eigenvalue weighted by molar-refractivity contribution is 6.06. The minimum atomic E-state index is 0.604. The van der Waals surface area contributed by atoms with Gasteiger partial charge in [0.2, 0.25) is 5.89 Å². The number of benzene rings is 6. The molecule has 0 radical (unpaired) electrons. The predicted octanol–water partition coefficient (Wildman–Crippen LogP) is 8.99. The molecule has 0 aliphatic carbocycles. The summed E-state index contributed by atoms with van der Waals surface area (Å²) in [7, 11) is 0. The molecule has 0 spiro atoms. The van der Waals surface area contributed by atoms with E-state index in [1.165, 1.54) is 0 Å². The van der Waals surface area contributed by atoms with Crippen LogP contribution in [0, 0.1) is 0 Å². The molecule has 6 aromatic carbocycles. The van der Waals surface area contributed by atoms with Gasteiger partial charge in [-0.05, 0) is 34.4 Å². The summed E-state index contributed by atoms with van der Waals surface area (Å²) >= 11 is 0. The first-order valence-electron chi connectivity index (χ1n) is 13.5. The van der Waals surface area contributed by atoms with Crippen LogP contribution in [-0.2, 0) is 0 Å². The molecule has 0 bridgehead atoms. The summed E-state index contributed by atoms with van der Waals surface area (Å²) in [6.45, 7) is 0. The van der Waals surface area contributed by atoms with E-state index in [2.05, 4.69) is 48.5 Å². The van der Waals surface area contributed by atoms with Crippen molar-refractivity contribution in [2.45, 2.75) is 0 Å².